The smallest absolute Gasteiger partial charge is 0.0644 e. The van der Waals surface area contributed by atoms with Crippen LogP contribution in [0.4, 0.5) is 5.69 Å². The lowest BCUT2D eigenvalue weighted by molar-refractivity contribution is 0.247. The monoisotopic (exact) mass is 356 g/mol. The number of nitrogen functional groups attached to an aromatic ring is 1. The summed E-state index contributed by atoms with van der Waals surface area (Å²) in [5.41, 5.74) is 11.9. The summed E-state index contributed by atoms with van der Waals surface area (Å²) in [5.74, 6) is 0. The highest BCUT2D eigenvalue weighted by molar-refractivity contribution is 5.85. The second-order valence-corrected chi connectivity index (χ2v) is 6.08. The minimum Gasteiger partial charge on any atom is -0.399 e. The molecule has 0 radical (unpaired) electrons. The number of anilines is 1. The van der Waals surface area contributed by atoms with E-state index >= 15 is 0 Å². The highest BCUT2D eigenvalue weighted by Crippen LogP contribution is 2.36. The lowest BCUT2D eigenvalue weighted by Crippen LogP contribution is -2.23. The molecule has 0 aliphatic carbocycles. The van der Waals surface area contributed by atoms with Gasteiger partial charge in [-0.05, 0) is 50.9 Å². The molecule has 0 saturated carbocycles. The Hall–Kier alpha value is -1.23. The van der Waals surface area contributed by atoms with E-state index in [9.17, 15) is 0 Å². The van der Waals surface area contributed by atoms with Crippen LogP contribution >= 0.6 is 24.8 Å². The molecule has 6 heteroatoms. The number of aromatic nitrogens is 2. The number of aryl methyl sites for hydroxylation is 2. The Bertz CT molecular complexity index is 654. The number of hydrogen-bond acceptors (Lipinski definition) is 3. The minimum atomic E-state index is 0. The lowest BCUT2D eigenvalue weighted by atomic mass is 10.0. The van der Waals surface area contributed by atoms with Crippen LogP contribution in [0.25, 0.3) is 0 Å². The van der Waals surface area contributed by atoms with E-state index in [1.165, 1.54) is 35.4 Å². The zero-order chi connectivity index (χ0) is 15.0. The zero-order valence-corrected chi connectivity index (χ0v) is 15.6. The van der Waals surface area contributed by atoms with Crippen molar-refractivity contribution in [3.05, 3.63) is 46.8 Å². The van der Waals surface area contributed by atoms with Gasteiger partial charge in [-0.3, -0.25) is 9.58 Å². The van der Waals surface area contributed by atoms with E-state index in [-0.39, 0.29) is 24.8 Å². The Balaban J connectivity index is 0.00000132. The van der Waals surface area contributed by atoms with Crippen LogP contribution in [-0.2, 0) is 13.6 Å². The van der Waals surface area contributed by atoms with Crippen LogP contribution in [0.5, 0.6) is 0 Å². The van der Waals surface area contributed by atoms with Gasteiger partial charge in [0.2, 0.25) is 0 Å². The molecule has 0 spiro atoms. The molecule has 128 valence electrons. The number of halogens is 2. The summed E-state index contributed by atoms with van der Waals surface area (Å²) in [6, 6.07) is 8.71. The Labute approximate surface area is 150 Å². The molecule has 0 bridgehead atoms. The second kappa shape index (κ2) is 8.04. The first-order chi connectivity index (χ1) is 10.1. The molecule has 2 aromatic rings. The SMILES string of the molecule is Cc1nn(C)c(C)c1C1CCCN1Cc1cccc(N)c1.Cl.Cl. The van der Waals surface area contributed by atoms with Crippen molar-refractivity contribution in [1.82, 2.24) is 14.7 Å². The van der Waals surface area contributed by atoms with Crippen molar-refractivity contribution in [2.24, 2.45) is 7.05 Å². The summed E-state index contributed by atoms with van der Waals surface area (Å²) in [5, 5.41) is 4.58. The quantitative estimate of drug-likeness (QED) is 0.850. The Morgan fingerprint density at radius 3 is 2.61 bits per heavy atom. The van der Waals surface area contributed by atoms with Crippen LogP contribution in [0.3, 0.4) is 0 Å². The van der Waals surface area contributed by atoms with Gasteiger partial charge in [0.1, 0.15) is 0 Å². The molecular formula is C17H26Cl2N4. The maximum Gasteiger partial charge on any atom is 0.0644 e. The average molecular weight is 357 g/mol. The van der Waals surface area contributed by atoms with Crippen molar-refractivity contribution < 1.29 is 0 Å². The predicted octanol–water partition coefficient (Wildman–Crippen LogP) is 3.80. The van der Waals surface area contributed by atoms with Gasteiger partial charge in [0.25, 0.3) is 0 Å². The molecule has 3 rings (SSSR count). The van der Waals surface area contributed by atoms with Gasteiger partial charge in [0.15, 0.2) is 0 Å². The molecule has 1 aromatic carbocycles. The molecule has 23 heavy (non-hydrogen) atoms. The van der Waals surface area contributed by atoms with Crippen LogP contribution in [0, 0.1) is 13.8 Å². The number of hydrogen-bond donors (Lipinski definition) is 1. The summed E-state index contributed by atoms with van der Waals surface area (Å²) in [7, 11) is 2.03. The van der Waals surface area contributed by atoms with Crippen LogP contribution in [0.15, 0.2) is 24.3 Å². The maximum atomic E-state index is 5.90. The molecular weight excluding hydrogens is 331 g/mol. The normalized spacial score (nSPS) is 17.6. The molecule has 1 aliphatic heterocycles. The molecule has 1 aromatic heterocycles. The third kappa shape index (κ3) is 4.00. The first kappa shape index (κ1) is 19.8. The average Bonchev–Trinajstić information content (AvgIpc) is 2.95. The van der Waals surface area contributed by atoms with Crippen molar-refractivity contribution in [2.75, 3.05) is 12.3 Å². The van der Waals surface area contributed by atoms with Crippen molar-refractivity contribution in [3.8, 4) is 0 Å². The van der Waals surface area contributed by atoms with Gasteiger partial charge < -0.3 is 5.73 Å². The van der Waals surface area contributed by atoms with E-state index in [4.69, 9.17) is 5.73 Å². The van der Waals surface area contributed by atoms with Gasteiger partial charge in [-0.15, -0.1) is 24.8 Å². The van der Waals surface area contributed by atoms with Gasteiger partial charge in [0.05, 0.1) is 5.69 Å². The molecule has 2 heterocycles. The van der Waals surface area contributed by atoms with Crippen LogP contribution in [0.2, 0.25) is 0 Å². The summed E-state index contributed by atoms with van der Waals surface area (Å²) in [6.07, 6.45) is 2.47. The molecule has 0 amide bonds. The Morgan fingerprint density at radius 2 is 2.00 bits per heavy atom. The maximum absolute atomic E-state index is 5.90. The lowest BCUT2D eigenvalue weighted by Gasteiger charge is -2.25. The van der Waals surface area contributed by atoms with Crippen LogP contribution in [-0.4, -0.2) is 21.2 Å². The highest BCUT2D eigenvalue weighted by atomic mass is 35.5. The third-order valence-corrected chi connectivity index (χ3v) is 4.60. The zero-order valence-electron chi connectivity index (χ0n) is 14.0. The van der Waals surface area contributed by atoms with E-state index in [2.05, 4.69) is 36.0 Å². The topological polar surface area (TPSA) is 47.1 Å². The van der Waals surface area contributed by atoms with Gasteiger partial charge >= 0.3 is 0 Å². The molecule has 4 nitrogen and oxygen atoms in total. The summed E-state index contributed by atoms with van der Waals surface area (Å²) in [4.78, 5) is 2.56. The predicted molar refractivity (Wildman–Crippen MR) is 100 cm³/mol. The Kier molecular flexibility index (Phi) is 6.93. The molecule has 1 saturated heterocycles. The summed E-state index contributed by atoms with van der Waals surface area (Å²) in [6.45, 7) is 6.41. The molecule has 2 N–H and O–H groups in total. The summed E-state index contributed by atoms with van der Waals surface area (Å²) >= 11 is 0. The van der Waals surface area contributed by atoms with Gasteiger partial charge in [-0.25, -0.2) is 0 Å². The number of nitrogens with zero attached hydrogens (tertiary/aromatic N) is 3. The number of nitrogens with two attached hydrogens (primary N) is 1. The van der Waals surface area contributed by atoms with Crippen molar-refractivity contribution >= 4 is 30.5 Å². The van der Waals surface area contributed by atoms with Gasteiger partial charge in [-0.1, -0.05) is 12.1 Å². The van der Waals surface area contributed by atoms with E-state index < -0.39 is 0 Å². The second-order valence-electron chi connectivity index (χ2n) is 6.08. The number of likely N-dealkylation sites (tertiary alicyclic amines) is 1. The fourth-order valence-electron chi connectivity index (χ4n) is 3.54. The molecule has 1 aliphatic rings. The summed E-state index contributed by atoms with van der Waals surface area (Å²) < 4.78 is 2.00. The van der Waals surface area contributed by atoms with Crippen LogP contribution in [0.1, 0.15) is 41.4 Å². The van der Waals surface area contributed by atoms with Crippen molar-refractivity contribution in [1.29, 1.82) is 0 Å². The van der Waals surface area contributed by atoms with E-state index in [1.54, 1.807) is 0 Å². The largest absolute Gasteiger partial charge is 0.399 e. The van der Waals surface area contributed by atoms with Crippen LogP contribution < -0.4 is 5.73 Å². The fraction of sp³-hybridized carbons (Fsp3) is 0.471. The standard InChI is InChI=1S/C17H24N4.2ClH/c1-12-17(13(2)20(3)19-12)16-8-5-9-21(16)11-14-6-4-7-15(18)10-14;;/h4,6-7,10,16H,5,8-9,11,18H2,1-3H3;2*1H. The van der Waals surface area contributed by atoms with Crippen molar-refractivity contribution in [3.63, 3.8) is 0 Å². The molecule has 1 atom stereocenters. The number of rotatable bonds is 3. The van der Waals surface area contributed by atoms with E-state index in [1.807, 2.05) is 23.9 Å². The van der Waals surface area contributed by atoms with Gasteiger partial charge in [-0.2, -0.15) is 5.10 Å². The fourth-order valence-corrected chi connectivity index (χ4v) is 3.54. The first-order valence-electron chi connectivity index (χ1n) is 7.65. The number of benzene rings is 1. The Morgan fingerprint density at radius 1 is 1.26 bits per heavy atom. The molecule has 1 fully saturated rings. The van der Waals surface area contributed by atoms with E-state index in [0.717, 1.165) is 18.8 Å². The first-order valence-corrected chi connectivity index (χ1v) is 7.65. The third-order valence-electron chi connectivity index (χ3n) is 4.60. The molecule has 1 unspecified atom stereocenters. The highest BCUT2D eigenvalue weighted by Gasteiger charge is 2.30. The van der Waals surface area contributed by atoms with Crippen molar-refractivity contribution in [2.45, 2.75) is 39.3 Å². The van der Waals surface area contributed by atoms with Gasteiger partial charge in [0, 0.05) is 36.6 Å². The van der Waals surface area contributed by atoms with E-state index in [0.29, 0.717) is 6.04 Å². The minimum absolute atomic E-state index is 0.